The molecule has 7 nitrogen and oxygen atoms in total. The normalized spacial score (nSPS) is 17.4. The third-order valence-electron chi connectivity index (χ3n) is 3.32. The molecule has 4 N–H and O–H groups in total. The first-order valence-corrected chi connectivity index (χ1v) is 6.34. The SMILES string of the molecule is Nc1ccc(CC(=O)NC2(C(=O)O)CCOCC2)nc1. The van der Waals surface area contributed by atoms with E-state index in [-0.39, 0.29) is 25.2 Å². The maximum absolute atomic E-state index is 12.0. The number of nitrogens with one attached hydrogen (secondary N) is 1. The second-order valence-electron chi connectivity index (χ2n) is 4.81. The van der Waals surface area contributed by atoms with Crippen LogP contribution in [0.25, 0.3) is 0 Å². The van der Waals surface area contributed by atoms with Crippen molar-refractivity contribution in [3.05, 3.63) is 24.0 Å². The molecule has 1 fully saturated rings. The fraction of sp³-hybridized carbons (Fsp3) is 0.462. The van der Waals surface area contributed by atoms with Crippen LogP contribution in [0, 0.1) is 0 Å². The summed E-state index contributed by atoms with van der Waals surface area (Å²) in [4.78, 5) is 27.4. The van der Waals surface area contributed by atoms with E-state index in [9.17, 15) is 14.7 Å². The van der Waals surface area contributed by atoms with E-state index in [0.717, 1.165) is 0 Å². The first-order valence-electron chi connectivity index (χ1n) is 6.34. The molecule has 0 unspecified atom stereocenters. The molecule has 1 aromatic heterocycles. The Morgan fingerprint density at radius 3 is 2.65 bits per heavy atom. The topological polar surface area (TPSA) is 115 Å². The lowest BCUT2D eigenvalue weighted by molar-refractivity contribution is -0.152. The van der Waals surface area contributed by atoms with Gasteiger partial charge in [-0.15, -0.1) is 0 Å². The fourth-order valence-electron chi connectivity index (χ4n) is 2.13. The summed E-state index contributed by atoms with van der Waals surface area (Å²) < 4.78 is 5.15. The molecule has 1 saturated heterocycles. The van der Waals surface area contributed by atoms with Gasteiger partial charge in [0.25, 0.3) is 0 Å². The highest BCUT2D eigenvalue weighted by Gasteiger charge is 2.41. The molecule has 1 aromatic rings. The number of carboxylic acid groups (broad SMARTS) is 1. The van der Waals surface area contributed by atoms with E-state index >= 15 is 0 Å². The third-order valence-corrected chi connectivity index (χ3v) is 3.32. The Labute approximate surface area is 116 Å². The Kier molecular flexibility index (Phi) is 4.19. The summed E-state index contributed by atoms with van der Waals surface area (Å²) in [5, 5.41) is 11.9. The largest absolute Gasteiger partial charge is 0.480 e. The Morgan fingerprint density at radius 2 is 2.10 bits per heavy atom. The summed E-state index contributed by atoms with van der Waals surface area (Å²) in [6.45, 7) is 0.652. The molecule has 1 amide bonds. The minimum absolute atomic E-state index is 0.0240. The van der Waals surface area contributed by atoms with Crippen molar-refractivity contribution in [3.63, 3.8) is 0 Å². The van der Waals surface area contributed by atoms with Crippen molar-refractivity contribution in [3.8, 4) is 0 Å². The third kappa shape index (κ3) is 3.24. The highest BCUT2D eigenvalue weighted by Crippen LogP contribution is 2.21. The lowest BCUT2D eigenvalue weighted by atomic mass is 9.90. The summed E-state index contributed by atoms with van der Waals surface area (Å²) in [5.74, 6) is -1.40. The number of anilines is 1. The number of nitrogen functional groups attached to an aromatic ring is 1. The molecule has 2 heterocycles. The average molecular weight is 279 g/mol. The number of ether oxygens (including phenoxy) is 1. The van der Waals surface area contributed by atoms with Gasteiger partial charge in [-0.25, -0.2) is 4.79 Å². The number of hydrogen-bond donors (Lipinski definition) is 3. The van der Waals surface area contributed by atoms with Gasteiger partial charge in [0.1, 0.15) is 5.54 Å². The quantitative estimate of drug-likeness (QED) is 0.712. The number of nitrogens with zero attached hydrogens (tertiary/aromatic N) is 1. The molecule has 2 rings (SSSR count). The van der Waals surface area contributed by atoms with Crippen molar-refractivity contribution in [1.82, 2.24) is 10.3 Å². The van der Waals surface area contributed by atoms with Crippen LogP contribution in [-0.4, -0.2) is 40.7 Å². The molecular weight excluding hydrogens is 262 g/mol. The minimum atomic E-state index is -1.23. The average Bonchev–Trinajstić information content (AvgIpc) is 2.42. The molecule has 0 bridgehead atoms. The van der Waals surface area contributed by atoms with E-state index in [4.69, 9.17) is 10.5 Å². The Balaban J connectivity index is 2.01. The number of rotatable bonds is 4. The lowest BCUT2D eigenvalue weighted by Gasteiger charge is -2.33. The van der Waals surface area contributed by atoms with Gasteiger partial charge >= 0.3 is 5.97 Å². The second-order valence-corrected chi connectivity index (χ2v) is 4.81. The van der Waals surface area contributed by atoms with Gasteiger partial charge in [-0.2, -0.15) is 0 Å². The second kappa shape index (κ2) is 5.87. The van der Waals surface area contributed by atoms with Crippen molar-refractivity contribution >= 4 is 17.6 Å². The van der Waals surface area contributed by atoms with Gasteiger partial charge in [-0.05, 0) is 12.1 Å². The van der Waals surface area contributed by atoms with Crippen LogP contribution in [0.2, 0.25) is 0 Å². The number of carboxylic acids is 1. The van der Waals surface area contributed by atoms with E-state index in [2.05, 4.69) is 10.3 Å². The number of carbonyl (C=O) groups excluding carboxylic acids is 1. The zero-order valence-electron chi connectivity index (χ0n) is 11.0. The van der Waals surface area contributed by atoms with Crippen LogP contribution in [0.15, 0.2) is 18.3 Å². The van der Waals surface area contributed by atoms with Gasteiger partial charge in [0, 0.05) is 31.7 Å². The molecule has 0 aromatic carbocycles. The van der Waals surface area contributed by atoms with Crippen molar-refractivity contribution in [2.75, 3.05) is 18.9 Å². The number of hydrogen-bond acceptors (Lipinski definition) is 5. The highest BCUT2D eigenvalue weighted by atomic mass is 16.5. The molecular formula is C13H17N3O4. The van der Waals surface area contributed by atoms with Gasteiger partial charge in [0.05, 0.1) is 18.3 Å². The van der Waals surface area contributed by atoms with E-state index in [0.29, 0.717) is 24.6 Å². The molecule has 0 spiro atoms. The Bertz CT molecular complexity index is 495. The summed E-state index contributed by atoms with van der Waals surface area (Å²) >= 11 is 0. The fourth-order valence-corrected chi connectivity index (χ4v) is 2.13. The number of aliphatic carboxylic acids is 1. The first kappa shape index (κ1) is 14.3. The van der Waals surface area contributed by atoms with Crippen LogP contribution in [0.5, 0.6) is 0 Å². The number of carbonyl (C=O) groups is 2. The van der Waals surface area contributed by atoms with Gasteiger partial charge in [-0.1, -0.05) is 0 Å². The number of nitrogens with two attached hydrogens (primary N) is 1. The summed E-state index contributed by atoms with van der Waals surface area (Å²) in [6, 6.07) is 3.30. The monoisotopic (exact) mass is 279 g/mol. The van der Waals surface area contributed by atoms with Crippen LogP contribution in [0.3, 0.4) is 0 Å². The lowest BCUT2D eigenvalue weighted by Crippen LogP contribution is -2.57. The van der Waals surface area contributed by atoms with Crippen LogP contribution < -0.4 is 11.1 Å². The smallest absolute Gasteiger partial charge is 0.329 e. The molecule has 0 atom stereocenters. The predicted molar refractivity (Wildman–Crippen MR) is 70.9 cm³/mol. The molecule has 7 heteroatoms. The zero-order chi connectivity index (χ0) is 14.6. The van der Waals surface area contributed by atoms with Gasteiger partial charge in [-0.3, -0.25) is 9.78 Å². The maximum Gasteiger partial charge on any atom is 0.329 e. The van der Waals surface area contributed by atoms with Crippen LogP contribution in [0.1, 0.15) is 18.5 Å². The van der Waals surface area contributed by atoms with E-state index < -0.39 is 11.5 Å². The van der Waals surface area contributed by atoms with Crippen molar-refractivity contribution in [2.45, 2.75) is 24.8 Å². The predicted octanol–water partition coefficient (Wildman–Crippen LogP) is -0.0437. The molecule has 20 heavy (non-hydrogen) atoms. The minimum Gasteiger partial charge on any atom is -0.480 e. The van der Waals surface area contributed by atoms with Crippen LogP contribution >= 0.6 is 0 Å². The molecule has 1 aliphatic heterocycles. The molecule has 108 valence electrons. The summed E-state index contributed by atoms with van der Waals surface area (Å²) in [6.07, 6.45) is 2.02. The Morgan fingerprint density at radius 1 is 1.40 bits per heavy atom. The Hall–Kier alpha value is -2.15. The van der Waals surface area contributed by atoms with E-state index in [1.807, 2.05) is 0 Å². The standard InChI is InChI=1S/C13H17N3O4/c14-9-1-2-10(15-8-9)7-11(17)16-13(12(18)19)3-5-20-6-4-13/h1-2,8H,3-7,14H2,(H,16,17)(H,18,19). The van der Waals surface area contributed by atoms with Gasteiger partial charge in [0.15, 0.2) is 0 Å². The summed E-state index contributed by atoms with van der Waals surface area (Å²) in [7, 11) is 0. The van der Waals surface area contributed by atoms with Crippen molar-refractivity contribution in [2.24, 2.45) is 0 Å². The molecule has 0 saturated carbocycles. The highest BCUT2D eigenvalue weighted by molar-refractivity contribution is 5.87. The van der Waals surface area contributed by atoms with Gasteiger partial charge < -0.3 is 20.9 Å². The maximum atomic E-state index is 12.0. The van der Waals surface area contributed by atoms with E-state index in [1.165, 1.54) is 6.20 Å². The zero-order valence-corrected chi connectivity index (χ0v) is 11.0. The summed E-state index contributed by atoms with van der Waals surface area (Å²) in [5.41, 5.74) is 5.34. The van der Waals surface area contributed by atoms with E-state index in [1.54, 1.807) is 12.1 Å². The van der Waals surface area contributed by atoms with Crippen molar-refractivity contribution in [1.29, 1.82) is 0 Å². The van der Waals surface area contributed by atoms with Crippen molar-refractivity contribution < 1.29 is 19.4 Å². The molecule has 0 radical (unpaired) electrons. The van der Waals surface area contributed by atoms with Crippen LogP contribution in [-0.2, 0) is 20.7 Å². The first-order chi connectivity index (χ1) is 9.52. The molecule has 1 aliphatic rings. The number of pyridine rings is 1. The molecule has 0 aliphatic carbocycles. The van der Waals surface area contributed by atoms with Gasteiger partial charge in [0.2, 0.25) is 5.91 Å². The number of amides is 1. The number of aromatic nitrogens is 1. The van der Waals surface area contributed by atoms with Crippen LogP contribution in [0.4, 0.5) is 5.69 Å².